The Balaban J connectivity index is 1.42. The molecule has 178 valence electrons. The van der Waals surface area contributed by atoms with Crippen molar-refractivity contribution in [1.82, 2.24) is 5.01 Å². The second kappa shape index (κ2) is 9.76. The maximum atomic E-state index is 12.8. The zero-order chi connectivity index (χ0) is 24.3. The summed E-state index contributed by atoms with van der Waals surface area (Å²) in [5, 5.41) is 7.98. The second-order valence-electron chi connectivity index (χ2n) is 8.29. The lowest BCUT2D eigenvalue weighted by Crippen LogP contribution is -2.42. The average Bonchev–Trinajstić information content (AvgIpc) is 3.19. The first-order valence-corrected chi connectivity index (χ1v) is 12.8. The van der Waals surface area contributed by atoms with Crippen LogP contribution in [0.25, 0.3) is 11.1 Å². The smallest absolute Gasteiger partial charge is 0.355 e. The molecule has 2 aliphatic heterocycles. The number of hydrazone groups is 1. The molecule has 0 bridgehead atoms. The minimum absolute atomic E-state index is 0.00627. The number of esters is 1. The van der Waals surface area contributed by atoms with Gasteiger partial charge in [0.15, 0.2) is 15.9 Å². The summed E-state index contributed by atoms with van der Waals surface area (Å²) in [6, 6.07) is 16.3. The molecule has 0 saturated carbocycles. The van der Waals surface area contributed by atoms with E-state index in [2.05, 4.69) is 10.4 Å². The number of rotatable bonds is 6. The summed E-state index contributed by atoms with van der Waals surface area (Å²) < 4.78 is 28.9. The topological polar surface area (TPSA) is 122 Å². The average molecular weight is 484 g/mol. The van der Waals surface area contributed by atoms with Crippen LogP contribution in [0.1, 0.15) is 26.2 Å². The van der Waals surface area contributed by atoms with Gasteiger partial charge >= 0.3 is 5.97 Å². The second-order valence-corrected chi connectivity index (χ2v) is 10.5. The maximum Gasteiger partial charge on any atom is 0.355 e. The van der Waals surface area contributed by atoms with Crippen LogP contribution in [0.15, 0.2) is 59.7 Å². The molecule has 2 aromatic carbocycles. The van der Waals surface area contributed by atoms with Gasteiger partial charge in [-0.15, -0.1) is 0 Å². The predicted octanol–water partition coefficient (Wildman–Crippen LogP) is 2.39. The number of nitrogens with zero attached hydrogens (tertiary/aromatic N) is 2. The Labute approximate surface area is 197 Å². The number of para-hydroxylation sites is 1. The molecule has 0 aliphatic carbocycles. The van der Waals surface area contributed by atoms with Gasteiger partial charge in [0, 0.05) is 24.1 Å². The Morgan fingerprint density at radius 2 is 1.79 bits per heavy atom. The summed E-state index contributed by atoms with van der Waals surface area (Å²) in [6.07, 6.45) is -0.745. The number of hydrogen-bond acceptors (Lipinski definition) is 7. The SMILES string of the molecule is C[C@@H](OC(=O)C1=NN([C@@H]2CCS(=O)(=O)C2)C(=O)CC1)C(=O)Nc1ccccc1-c1ccccc1. The van der Waals surface area contributed by atoms with Crippen molar-refractivity contribution in [3.05, 3.63) is 54.6 Å². The van der Waals surface area contributed by atoms with E-state index in [1.807, 2.05) is 42.5 Å². The van der Waals surface area contributed by atoms with E-state index in [1.165, 1.54) is 6.92 Å². The molecule has 10 heteroatoms. The molecule has 2 aromatic rings. The quantitative estimate of drug-likeness (QED) is 0.630. The number of amides is 2. The molecule has 1 N–H and O–H groups in total. The lowest BCUT2D eigenvalue weighted by molar-refractivity contribution is -0.147. The van der Waals surface area contributed by atoms with Crippen molar-refractivity contribution >= 4 is 39.0 Å². The van der Waals surface area contributed by atoms with Gasteiger partial charge in [-0.2, -0.15) is 5.10 Å². The van der Waals surface area contributed by atoms with Gasteiger partial charge in [-0.05, 0) is 25.0 Å². The Bertz CT molecular complexity index is 1240. The van der Waals surface area contributed by atoms with Gasteiger partial charge in [-0.1, -0.05) is 48.5 Å². The van der Waals surface area contributed by atoms with Crippen molar-refractivity contribution < 1.29 is 27.5 Å². The molecule has 34 heavy (non-hydrogen) atoms. The lowest BCUT2D eigenvalue weighted by atomic mass is 10.0. The Hall–Kier alpha value is -3.53. The van der Waals surface area contributed by atoms with Gasteiger partial charge in [0.1, 0.15) is 5.71 Å². The van der Waals surface area contributed by atoms with Crippen LogP contribution in [0.3, 0.4) is 0 Å². The van der Waals surface area contributed by atoms with E-state index in [1.54, 1.807) is 12.1 Å². The first-order valence-electron chi connectivity index (χ1n) is 11.0. The number of anilines is 1. The van der Waals surface area contributed by atoms with E-state index in [0.717, 1.165) is 16.1 Å². The fraction of sp³-hybridized carbons (Fsp3) is 0.333. The molecule has 0 spiro atoms. The number of nitrogens with one attached hydrogen (secondary N) is 1. The Kier molecular flexibility index (Phi) is 6.78. The molecule has 4 rings (SSSR count). The van der Waals surface area contributed by atoms with Gasteiger partial charge < -0.3 is 10.1 Å². The lowest BCUT2D eigenvalue weighted by Gasteiger charge is -2.27. The van der Waals surface area contributed by atoms with Crippen molar-refractivity contribution in [3.63, 3.8) is 0 Å². The van der Waals surface area contributed by atoms with Crippen LogP contribution in [0.2, 0.25) is 0 Å². The highest BCUT2D eigenvalue weighted by Gasteiger charge is 2.38. The normalized spacial score (nSPS) is 20.4. The molecule has 2 amide bonds. The van der Waals surface area contributed by atoms with E-state index < -0.39 is 33.9 Å². The van der Waals surface area contributed by atoms with E-state index in [4.69, 9.17) is 4.74 Å². The summed E-state index contributed by atoms with van der Waals surface area (Å²) >= 11 is 0. The van der Waals surface area contributed by atoms with E-state index in [9.17, 15) is 22.8 Å². The van der Waals surface area contributed by atoms with Crippen LogP contribution >= 0.6 is 0 Å². The Morgan fingerprint density at radius 3 is 2.50 bits per heavy atom. The number of carbonyl (C=O) groups excluding carboxylic acids is 3. The minimum Gasteiger partial charge on any atom is -0.448 e. The highest BCUT2D eigenvalue weighted by atomic mass is 32.2. The molecule has 2 heterocycles. The largest absolute Gasteiger partial charge is 0.448 e. The first kappa shape index (κ1) is 23.6. The van der Waals surface area contributed by atoms with Gasteiger partial charge in [0.2, 0.25) is 5.91 Å². The van der Waals surface area contributed by atoms with E-state index in [-0.39, 0.29) is 42.4 Å². The van der Waals surface area contributed by atoms with Gasteiger partial charge in [-0.3, -0.25) is 9.59 Å². The van der Waals surface area contributed by atoms with Crippen LogP contribution in [-0.2, 0) is 29.0 Å². The molecular formula is C24H25N3O6S. The zero-order valence-corrected chi connectivity index (χ0v) is 19.5. The van der Waals surface area contributed by atoms with Crippen molar-refractivity contribution in [2.75, 3.05) is 16.8 Å². The van der Waals surface area contributed by atoms with E-state index >= 15 is 0 Å². The molecule has 0 unspecified atom stereocenters. The maximum absolute atomic E-state index is 12.8. The molecule has 9 nitrogen and oxygen atoms in total. The predicted molar refractivity (Wildman–Crippen MR) is 127 cm³/mol. The molecule has 1 fully saturated rings. The number of carbonyl (C=O) groups is 3. The number of sulfone groups is 1. The van der Waals surface area contributed by atoms with Crippen molar-refractivity contribution in [1.29, 1.82) is 0 Å². The van der Waals surface area contributed by atoms with Gasteiger partial charge in [0.25, 0.3) is 5.91 Å². The standard InChI is InChI=1S/C24H25N3O6S/c1-16(23(29)25-20-10-6-5-9-19(20)17-7-3-2-4-8-17)33-24(30)21-11-12-22(28)27(26-21)18-13-14-34(31,32)15-18/h2-10,16,18H,11-15H2,1H3,(H,25,29)/t16-,18-/m1/s1. The summed E-state index contributed by atoms with van der Waals surface area (Å²) in [5.41, 5.74) is 2.33. The number of hydrogen-bond donors (Lipinski definition) is 1. The van der Waals surface area contributed by atoms with Crippen LogP contribution in [0, 0.1) is 0 Å². The number of benzene rings is 2. The molecule has 1 saturated heterocycles. The molecule has 2 aliphatic rings. The summed E-state index contributed by atoms with van der Waals surface area (Å²) in [4.78, 5) is 37.7. The highest BCUT2D eigenvalue weighted by Crippen LogP contribution is 2.28. The third-order valence-corrected chi connectivity index (χ3v) is 7.52. The highest BCUT2D eigenvalue weighted by molar-refractivity contribution is 7.91. The van der Waals surface area contributed by atoms with Crippen LogP contribution in [0.4, 0.5) is 5.69 Å². The van der Waals surface area contributed by atoms with E-state index in [0.29, 0.717) is 5.69 Å². The third kappa shape index (κ3) is 5.33. The third-order valence-electron chi connectivity index (χ3n) is 5.77. The minimum atomic E-state index is -3.22. The first-order chi connectivity index (χ1) is 16.2. The van der Waals surface area contributed by atoms with Crippen molar-refractivity contribution in [2.45, 2.75) is 38.3 Å². The fourth-order valence-electron chi connectivity index (χ4n) is 3.95. The summed E-state index contributed by atoms with van der Waals surface area (Å²) in [6.45, 7) is 1.45. The number of ether oxygens (including phenoxy) is 1. The molecule has 2 atom stereocenters. The summed E-state index contributed by atoms with van der Waals surface area (Å²) in [5.74, 6) is -1.84. The zero-order valence-electron chi connectivity index (χ0n) is 18.6. The monoisotopic (exact) mass is 483 g/mol. The Morgan fingerprint density at radius 1 is 1.09 bits per heavy atom. The fourth-order valence-corrected chi connectivity index (χ4v) is 5.64. The van der Waals surface area contributed by atoms with Crippen LogP contribution in [-0.4, -0.2) is 60.6 Å². The van der Waals surface area contributed by atoms with Crippen molar-refractivity contribution in [3.8, 4) is 11.1 Å². The summed E-state index contributed by atoms with van der Waals surface area (Å²) in [7, 11) is -3.22. The van der Waals surface area contributed by atoms with Crippen LogP contribution < -0.4 is 5.32 Å². The molecule has 0 radical (unpaired) electrons. The van der Waals surface area contributed by atoms with Gasteiger partial charge in [0.05, 0.1) is 17.5 Å². The van der Waals surface area contributed by atoms with Gasteiger partial charge in [-0.25, -0.2) is 18.2 Å². The molecular weight excluding hydrogens is 458 g/mol. The van der Waals surface area contributed by atoms with Crippen molar-refractivity contribution in [2.24, 2.45) is 5.10 Å². The molecule has 0 aromatic heterocycles. The van der Waals surface area contributed by atoms with Crippen LogP contribution in [0.5, 0.6) is 0 Å².